The van der Waals surface area contributed by atoms with E-state index in [4.69, 9.17) is 12.2 Å². The lowest BCUT2D eigenvalue weighted by Crippen LogP contribution is -1.96. The van der Waals surface area contributed by atoms with Gasteiger partial charge in [-0.25, -0.2) is 8.78 Å². The number of nitrogens with zero attached hydrogens (tertiary/aromatic N) is 1. The normalized spacial score (nSPS) is 11.1. The molecule has 0 saturated carbocycles. The lowest BCUT2D eigenvalue weighted by atomic mass is 10.2. The second kappa shape index (κ2) is 4.28. The third-order valence-electron chi connectivity index (χ3n) is 2.93. The predicted octanol–water partition coefficient (Wildman–Crippen LogP) is 4.27. The highest BCUT2D eigenvalue weighted by atomic mass is 32.1. The van der Waals surface area contributed by atoms with Gasteiger partial charge in [0.2, 0.25) is 0 Å². The number of imidazole rings is 1. The van der Waals surface area contributed by atoms with Gasteiger partial charge in [-0.15, -0.1) is 0 Å². The van der Waals surface area contributed by atoms with Gasteiger partial charge in [-0.05, 0) is 55.0 Å². The Labute approximate surface area is 113 Å². The van der Waals surface area contributed by atoms with Gasteiger partial charge in [0.15, 0.2) is 4.77 Å². The van der Waals surface area contributed by atoms with Gasteiger partial charge >= 0.3 is 0 Å². The van der Waals surface area contributed by atoms with Crippen molar-refractivity contribution in [2.24, 2.45) is 0 Å². The van der Waals surface area contributed by atoms with Crippen LogP contribution in [0.3, 0.4) is 0 Å². The van der Waals surface area contributed by atoms with Crippen LogP contribution in [0, 0.1) is 23.3 Å². The molecule has 0 unspecified atom stereocenters. The number of benzene rings is 2. The second-order valence-electron chi connectivity index (χ2n) is 4.41. The topological polar surface area (TPSA) is 20.7 Å². The molecule has 0 fully saturated rings. The summed E-state index contributed by atoms with van der Waals surface area (Å²) in [6.45, 7) is 1.80. The van der Waals surface area contributed by atoms with Gasteiger partial charge in [-0.3, -0.25) is 4.57 Å². The zero-order valence-electron chi connectivity index (χ0n) is 10.1. The summed E-state index contributed by atoms with van der Waals surface area (Å²) in [6, 6.07) is 8.96. The highest BCUT2D eigenvalue weighted by Crippen LogP contribution is 2.22. The van der Waals surface area contributed by atoms with Crippen LogP contribution in [-0.2, 0) is 0 Å². The molecule has 0 aliphatic carbocycles. The number of rotatable bonds is 1. The van der Waals surface area contributed by atoms with Crippen LogP contribution in [0.25, 0.3) is 16.7 Å². The molecule has 2 nitrogen and oxygen atoms in total. The van der Waals surface area contributed by atoms with Gasteiger partial charge < -0.3 is 4.98 Å². The molecule has 2 aromatic carbocycles. The molecule has 96 valence electrons. The average molecular weight is 276 g/mol. The summed E-state index contributed by atoms with van der Waals surface area (Å²) in [7, 11) is 0. The quantitative estimate of drug-likeness (QED) is 0.658. The zero-order valence-corrected chi connectivity index (χ0v) is 10.9. The van der Waals surface area contributed by atoms with Crippen LogP contribution in [0.4, 0.5) is 8.78 Å². The van der Waals surface area contributed by atoms with Crippen LogP contribution in [0.2, 0.25) is 0 Å². The standard InChI is InChI=1S/C14H10F2N2S/c1-8-4-10(16)6-11(5-8)18-13-7-9(15)2-3-12(13)17-14(18)19/h2-7H,1H3,(H,17,19). The van der Waals surface area contributed by atoms with E-state index in [0.29, 0.717) is 21.5 Å². The van der Waals surface area contributed by atoms with Crippen LogP contribution in [0.1, 0.15) is 5.56 Å². The van der Waals surface area contributed by atoms with Gasteiger partial charge in [-0.1, -0.05) is 0 Å². The smallest absolute Gasteiger partial charge is 0.182 e. The number of aromatic amines is 1. The zero-order chi connectivity index (χ0) is 13.6. The van der Waals surface area contributed by atoms with Crippen LogP contribution in [0.5, 0.6) is 0 Å². The van der Waals surface area contributed by atoms with E-state index >= 15 is 0 Å². The SMILES string of the molecule is Cc1cc(F)cc(-n2c(=S)[nH]c3ccc(F)cc32)c1. The summed E-state index contributed by atoms with van der Waals surface area (Å²) >= 11 is 5.23. The van der Waals surface area contributed by atoms with Crippen molar-refractivity contribution in [3.05, 3.63) is 58.4 Å². The molecule has 0 atom stereocenters. The molecule has 3 rings (SSSR count). The first-order chi connectivity index (χ1) is 9.04. The summed E-state index contributed by atoms with van der Waals surface area (Å²) < 4.78 is 28.9. The summed E-state index contributed by atoms with van der Waals surface area (Å²) in [4.78, 5) is 2.98. The molecule has 0 saturated heterocycles. The van der Waals surface area contributed by atoms with Gasteiger partial charge in [0, 0.05) is 6.07 Å². The van der Waals surface area contributed by atoms with Crippen molar-refractivity contribution in [2.75, 3.05) is 0 Å². The molecule has 0 aliphatic heterocycles. The predicted molar refractivity (Wildman–Crippen MR) is 73.1 cm³/mol. The number of aryl methyl sites for hydroxylation is 1. The van der Waals surface area contributed by atoms with Crippen molar-refractivity contribution in [1.82, 2.24) is 9.55 Å². The number of hydrogen-bond acceptors (Lipinski definition) is 1. The Morgan fingerprint density at radius 3 is 2.58 bits per heavy atom. The maximum absolute atomic E-state index is 13.5. The Balaban J connectivity index is 2.38. The van der Waals surface area contributed by atoms with E-state index < -0.39 is 0 Å². The van der Waals surface area contributed by atoms with Crippen molar-refractivity contribution in [2.45, 2.75) is 6.92 Å². The van der Waals surface area contributed by atoms with Crippen LogP contribution >= 0.6 is 12.2 Å². The van der Waals surface area contributed by atoms with Crippen molar-refractivity contribution in [3.63, 3.8) is 0 Å². The number of H-pyrrole nitrogens is 1. The van der Waals surface area contributed by atoms with Crippen molar-refractivity contribution in [1.29, 1.82) is 0 Å². The largest absolute Gasteiger partial charge is 0.330 e. The highest BCUT2D eigenvalue weighted by molar-refractivity contribution is 7.71. The monoisotopic (exact) mass is 276 g/mol. The molecule has 1 heterocycles. The van der Waals surface area contributed by atoms with Crippen molar-refractivity contribution in [3.8, 4) is 5.69 Å². The van der Waals surface area contributed by atoms with Gasteiger partial charge in [-0.2, -0.15) is 0 Å². The minimum Gasteiger partial charge on any atom is -0.330 e. The molecular weight excluding hydrogens is 266 g/mol. The molecule has 0 bridgehead atoms. The second-order valence-corrected chi connectivity index (χ2v) is 4.80. The first-order valence-electron chi connectivity index (χ1n) is 5.72. The van der Waals surface area contributed by atoms with E-state index in [2.05, 4.69) is 4.98 Å². The average Bonchev–Trinajstić information content (AvgIpc) is 2.63. The number of fused-ring (bicyclic) bond motifs is 1. The van der Waals surface area contributed by atoms with E-state index in [1.807, 2.05) is 0 Å². The minimum absolute atomic E-state index is 0.345. The summed E-state index contributed by atoms with van der Waals surface area (Å²) in [6.07, 6.45) is 0. The van der Waals surface area contributed by atoms with Crippen molar-refractivity contribution >= 4 is 23.3 Å². The van der Waals surface area contributed by atoms with Crippen LogP contribution in [-0.4, -0.2) is 9.55 Å². The summed E-state index contributed by atoms with van der Waals surface area (Å²) in [5.41, 5.74) is 2.67. The summed E-state index contributed by atoms with van der Waals surface area (Å²) in [5, 5.41) is 0. The Bertz CT molecular complexity index is 813. The summed E-state index contributed by atoms with van der Waals surface area (Å²) in [5.74, 6) is -0.703. The fourth-order valence-electron chi connectivity index (χ4n) is 2.18. The number of halogens is 2. The van der Waals surface area contributed by atoms with Crippen LogP contribution in [0.15, 0.2) is 36.4 Å². The Hall–Kier alpha value is -2.01. The molecule has 19 heavy (non-hydrogen) atoms. The molecule has 3 aromatic rings. The van der Waals surface area contributed by atoms with E-state index in [0.717, 1.165) is 5.56 Å². The Kier molecular flexibility index (Phi) is 2.71. The highest BCUT2D eigenvalue weighted by Gasteiger charge is 2.09. The molecule has 0 aliphatic rings. The first kappa shape index (κ1) is 12.0. The van der Waals surface area contributed by atoms with E-state index in [1.54, 1.807) is 23.6 Å². The maximum Gasteiger partial charge on any atom is 0.182 e. The molecule has 1 aromatic heterocycles. The van der Waals surface area contributed by atoms with Gasteiger partial charge in [0.1, 0.15) is 11.6 Å². The molecule has 0 spiro atoms. The number of nitrogens with one attached hydrogen (secondary N) is 1. The first-order valence-corrected chi connectivity index (χ1v) is 6.13. The third-order valence-corrected chi connectivity index (χ3v) is 3.22. The van der Waals surface area contributed by atoms with Crippen molar-refractivity contribution < 1.29 is 8.78 Å². The Morgan fingerprint density at radius 2 is 1.84 bits per heavy atom. The van der Waals surface area contributed by atoms with Crippen LogP contribution < -0.4 is 0 Å². The van der Waals surface area contributed by atoms with E-state index in [9.17, 15) is 8.78 Å². The van der Waals surface area contributed by atoms with Gasteiger partial charge in [0.05, 0.1) is 16.7 Å². The van der Waals surface area contributed by atoms with Gasteiger partial charge in [0.25, 0.3) is 0 Å². The molecule has 0 amide bonds. The fraction of sp³-hybridized carbons (Fsp3) is 0.0714. The molecule has 5 heteroatoms. The Morgan fingerprint density at radius 1 is 1.05 bits per heavy atom. The molecule has 1 N–H and O–H groups in total. The lowest BCUT2D eigenvalue weighted by Gasteiger charge is -2.06. The minimum atomic E-state index is -0.358. The maximum atomic E-state index is 13.5. The number of hydrogen-bond donors (Lipinski definition) is 1. The molecular formula is C14H10F2N2S. The third kappa shape index (κ3) is 2.06. The fourth-order valence-corrected chi connectivity index (χ4v) is 2.49. The van der Waals surface area contributed by atoms with E-state index in [1.165, 1.54) is 24.3 Å². The molecule has 0 radical (unpaired) electrons. The number of aromatic nitrogens is 2. The lowest BCUT2D eigenvalue weighted by molar-refractivity contribution is 0.625. The van der Waals surface area contributed by atoms with E-state index in [-0.39, 0.29) is 11.6 Å².